The van der Waals surface area contributed by atoms with Crippen LogP contribution in [-0.2, 0) is 14.4 Å². The molecule has 6 nitrogen and oxygen atoms in total. The second-order valence-corrected chi connectivity index (χ2v) is 12.4. The Kier molecular flexibility index (Phi) is 9.64. The zero-order chi connectivity index (χ0) is 27.2. The van der Waals surface area contributed by atoms with Crippen molar-refractivity contribution in [2.75, 3.05) is 11.9 Å². The van der Waals surface area contributed by atoms with Gasteiger partial charge in [-0.05, 0) is 55.6 Å². The molecule has 38 heavy (non-hydrogen) atoms. The van der Waals surface area contributed by atoms with Crippen LogP contribution in [0.1, 0.15) is 89.9 Å². The summed E-state index contributed by atoms with van der Waals surface area (Å²) in [5.41, 5.74) is 2.08. The highest BCUT2D eigenvalue weighted by molar-refractivity contribution is 7.17. The lowest BCUT2D eigenvalue weighted by atomic mass is 9.83. The van der Waals surface area contributed by atoms with Crippen LogP contribution in [0.3, 0.4) is 0 Å². The molecule has 1 aromatic carbocycles. The molecule has 3 amide bonds. The van der Waals surface area contributed by atoms with E-state index in [0.29, 0.717) is 18.9 Å². The number of nitrogens with one attached hydrogen (secondary N) is 2. The summed E-state index contributed by atoms with van der Waals surface area (Å²) in [5, 5.41) is 7.14. The van der Waals surface area contributed by atoms with Gasteiger partial charge in [0.05, 0.1) is 0 Å². The Morgan fingerprint density at radius 2 is 1.71 bits per heavy atom. The second kappa shape index (κ2) is 12.9. The first kappa shape index (κ1) is 28.3. The van der Waals surface area contributed by atoms with Crippen molar-refractivity contribution in [2.24, 2.45) is 11.8 Å². The van der Waals surface area contributed by atoms with E-state index in [-0.39, 0.29) is 29.6 Å². The number of anilines is 1. The topological polar surface area (TPSA) is 78.5 Å². The molecule has 2 N–H and O–H groups in total. The highest BCUT2D eigenvalue weighted by Gasteiger charge is 2.41. The predicted octanol–water partition coefficient (Wildman–Crippen LogP) is 6.58. The smallest absolute Gasteiger partial charge is 0.247 e. The Labute approximate surface area is 231 Å². The summed E-state index contributed by atoms with van der Waals surface area (Å²) >= 11 is 1.61. The van der Waals surface area contributed by atoms with Crippen LogP contribution in [0.2, 0.25) is 0 Å². The number of carbonyl (C=O) groups is 3. The maximum Gasteiger partial charge on any atom is 0.247 e. The molecule has 7 heteroatoms. The van der Waals surface area contributed by atoms with Crippen molar-refractivity contribution in [1.82, 2.24) is 10.2 Å². The SMILES string of the molecule is CC[C@@H](C)C(=O)N[C@H](C(=O)N1CCC[C@H]1C(=O)Nc1sc(C(C)C)cc1-c1ccccc1)C1CCCCC1. The van der Waals surface area contributed by atoms with Gasteiger partial charge >= 0.3 is 0 Å². The van der Waals surface area contributed by atoms with Crippen LogP contribution in [0.25, 0.3) is 11.1 Å². The van der Waals surface area contributed by atoms with E-state index in [9.17, 15) is 14.4 Å². The monoisotopic (exact) mass is 537 g/mol. The average Bonchev–Trinajstić information content (AvgIpc) is 3.60. The van der Waals surface area contributed by atoms with Crippen LogP contribution < -0.4 is 10.6 Å². The Morgan fingerprint density at radius 1 is 1.00 bits per heavy atom. The van der Waals surface area contributed by atoms with Crippen molar-refractivity contribution < 1.29 is 14.4 Å². The van der Waals surface area contributed by atoms with Gasteiger partial charge in [0.25, 0.3) is 0 Å². The number of rotatable bonds is 9. The third-order valence-corrected chi connectivity index (χ3v) is 9.58. The largest absolute Gasteiger partial charge is 0.344 e. The average molecular weight is 538 g/mol. The molecule has 2 aliphatic rings. The highest BCUT2D eigenvalue weighted by Crippen LogP contribution is 2.40. The van der Waals surface area contributed by atoms with E-state index in [2.05, 4.69) is 42.7 Å². The Morgan fingerprint density at radius 3 is 2.37 bits per heavy atom. The summed E-state index contributed by atoms with van der Waals surface area (Å²) in [6, 6.07) is 11.2. The molecule has 1 saturated heterocycles. The van der Waals surface area contributed by atoms with Gasteiger partial charge in [-0.25, -0.2) is 0 Å². The minimum Gasteiger partial charge on any atom is -0.344 e. The van der Waals surface area contributed by atoms with Crippen LogP contribution in [0.4, 0.5) is 5.00 Å². The van der Waals surface area contributed by atoms with Gasteiger partial charge in [-0.2, -0.15) is 0 Å². The van der Waals surface area contributed by atoms with E-state index in [1.165, 1.54) is 11.3 Å². The fourth-order valence-electron chi connectivity index (χ4n) is 5.63. The third kappa shape index (κ3) is 6.48. The van der Waals surface area contributed by atoms with Crippen molar-refractivity contribution in [3.63, 3.8) is 0 Å². The third-order valence-electron chi connectivity index (χ3n) is 8.23. The molecule has 0 bridgehead atoms. The molecule has 1 aromatic heterocycles. The summed E-state index contributed by atoms with van der Waals surface area (Å²) in [5.74, 6) is 0.0393. The van der Waals surface area contributed by atoms with E-state index in [1.807, 2.05) is 32.0 Å². The predicted molar refractivity (Wildman–Crippen MR) is 155 cm³/mol. The number of amides is 3. The first-order chi connectivity index (χ1) is 18.3. The van der Waals surface area contributed by atoms with Gasteiger partial charge in [-0.15, -0.1) is 11.3 Å². The minimum atomic E-state index is -0.556. The zero-order valence-electron chi connectivity index (χ0n) is 23.3. The molecule has 1 saturated carbocycles. The van der Waals surface area contributed by atoms with Gasteiger partial charge in [0, 0.05) is 22.9 Å². The Balaban J connectivity index is 1.55. The van der Waals surface area contributed by atoms with Crippen molar-refractivity contribution in [1.29, 1.82) is 0 Å². The lowest BCUT2D eigenvalue weighted by molar-refractivity contribution is -0.142. The Hall–Kier alpha value is -2.67. The van der Waals surface area contributed by atoms with Crippen LogP contribution in [0.5, 0.6) is 0 Å². The molecule has 3 atom stereocenters. The molecule has 1 aliphatic heterocycles. The Bertz CT molecular complexity index is 1110. The van der Waals surface area contributed by atoms with Gasteiger partial charge < -0.3 is 15.5 Å². The summed E-state index contributed by atoms with van der Waals surface area (Å²) in [7, 11) is 0. The van der Waals surface area contributed by atoms with Crippen LogP contribution in [0.15, 0.2) is 36.4 Å². The van der Waals surface area contributed by atoms with Crippen molar-refractivity contribution in [3.05, 3.63) is 41.3 Å². The summed E-state index contributed by atoms with van der Waals surface area (Å²) in [6.07, 6.45) is 7.37. The van der Waals surface area contributed by atoms with Gasteiger partial charge in [0.15, 0.2) is 0 Å². The first-order valence-corrected chi connectivity index (χ1v) is 15.2. The molecule has 2 fully saturated rings. The number of nitrogens with zero attached hydrogens (tertiary/aromatic N) is 1. The van der Waals surface area contributed by atoms with E-state index >= 15 is 0 Å². The van der Waals surface area contributed by atoms with Gasteiger partial charge in [-0.1, -0.05) is 77.3 Å². The molecule has 0 radical (unpaired) electrons. The summed E-state index contributed by atoms with van der Waals surface area (Å²) < 4.78 is 0. The second-order valence-electron chi connectivity index (χ2n) is 11.3. The zero-order valence-corrected chi connectivity index (χ0v) is 24.1. The van der Waals surface area contributed by atoms with E-state index < -0.39 is 12.1 Å². The lowest BCUT2D eigenvalue weighted by Crippen LogP contribution is -2.56. The van der Waals surface area contributed by atoms with Crippen LogP contribution in [-0.4, -0.2) is 41.2 Å². The molecule has 206 valence electrons. The van der Waals surface area contributed by atoms with E-state index in [4.69, 9.17) is 0 Å². The fourth-order valence-corrected chi connectivity index (χ4v) is 6.71. The van der Waals surface area contributed by atoms with Gasteiger partial charge in [0.1, 0.15) is 17.1 Å². The number of carbonyl (C=O) groups excluding carboxylic acids is 3. The minimum absolute atomic E-state index is 0.0658. The molecule has 4 rings (SSSR count). The molecule has 0 spiro atoms. The maximum atomic E-state index is 14.0. The first-order valence-electron chi connectivity index (χ1n) is 14.4. The molecular weight excluding hydrogens is 494 g/mol. The van der Waals surface area contributed by atoms with Gasteiger partial charge in [-0.3, -0.25) is 14.4 Å². The lowest BCUT2D eigenvalue weighted by Gasteiger charge is -2.35. The van der Waals surface area contributed by atoms with Crippen molar-refractivity contribution in [3.8, 4) is 11.1 Å². The number of likely N-dealkylation sites (tertiary alicyclic amines) is 1. The number of benzene rings is 1. The maximum absolute atomic E-state index is 14.0. The normalized spacial score (nSPS) is 19.8. The number of thiophene rings is 1. The van der Waals surface area contributed by atoms with Gasteiger partial charge in [0.2, 0.25) is 17.7 Å². The number of hydrogen-bond donors (Lipinski definition) is 2. The molecular formula is C31H43N3O3S. The standard InChI is InChI=1S/C31H43N3O3S/c1-5-21(4)28(35)32-27(23-15-10-7-11-16-23)31(37)34-18-12-17-25(34)29(36)33-30-24(19-26(38-30)20(2)3)22-13-8-6-9-14-22/h6,8-9,13-14,19-21,23,25,27H,5,7,10-12,15-18H2,1-4H3,(H,32,35)(H,33,36)/t21-,25+,27+/m1/s1. The van der Waals surface area contributed by atoms with Crippen LogP contribution >= 0.6 is 11.3 Å². The molecule has 2 aromatic rings. The quantitative estimate of drug-likeness (QED) is 0.379. The molecule has 2 heterocycles. The molecule has 1 aliphatic carbocycles. The van der Waals surface area contributed by atoms with E-state index in [0.717, 1.165) is 54.7 Å². The summed E-state index contributed by atoms with van der Waals surface area (Å²) in [6.45, 7) is 8.75. The fraction of sp³-hybridized carbons (Fsp3) is 0.581. The highest BCUT2D eigenvalue weighted by atomic mass is 32.1. The van der Waals surface area contributed by atoms with Crippen molar-refractivity contribution >= 4 is 34.1 Å². The van der Waals surface area contributed by atoms with E-state index in [1.54, 1.807) is 16.2 Å². The van der Waals surface area contributed by atoms with Crippen molar-refractivity contribution in [2.45, 2.75) is 97.1 Å². The summed E-state index contributed by atoms with van der Waals surface area (Å²) in [4.78, 5) is 43.5. The molecule has 0 unspecified atom stereocenters. The number of hydrogen-bond acceptors (Lipinski definition) is 4. The van der Waals surface area contributed by atoms with Crippen LogP contribution in [0, 0.1) is 11.8 Å².